The molecule has 1 saturated heterocycles. The van der Waals surface area contributed by atoms with E-state index in [1.54, 1.807) is 18.2 Å². The normalized spacial score (nSPS) is 22.2. The van der Waals surface area contributed by atoms with Crippen molar-refractivity contribution in [2.75, 3.05) is 13.1 Å². The topological polar surface area (TPSA) is 92.3 Å². The highest BCUT2D eigenvalue weighted by Gasteiger charge is 2.35. The van der Waals surface area contributed by atoms with Gasteiger partial charge in [-0.2, -0.15) is 13.1 Å². The molecule has 2 heterocycles. The van der Waals surface area contributed by atoms with Crippen LogP contribution >= 0.6 is 11.7 Å². The third-order valence-corrected chi connectivity index (χ3v) is 8.75. The number of rotatable bonds is 4. The van der Waals surface area contributed by atoms with Crippen molar-refractivity contribution in [3.05, 3.63) is 53.6 Å². The number of benzene rings is 2. The largest absolute Gasteiger partial charge is 0.349 e. The molecule has 1 amide bonds. The highest BCUT2D eigenvalue weighted by Crippen LogP contribution is 2.31. The number of hydrogen-bond acceptors (Lipinski definition) is 6. The van der Waals surface area contributed by atoms with Gasteiger partial charge < -0.3 is 5.32 Å². The Labute approximate surface area is 185 Å². The molecule has 7 nitrogen and oxygen atoms in total. The predicted octanol–water partition coefficient (Wildman–Crippen LogP) is 3.29. The third kappa shape index (κ3) is 3.86. The number of hydrogen-bond donors (Lipinski definition) is 1. The summed E-state index contributed by atoms with van der Waals surface area (Å²) in [5, 5.41) is 3.20. The minimum absolute atomic E-state index is 0.000683. The maximum absolute atomic E-state index is 13.4. The zero-order valence-corrected chi connectivity index (χ0v) is 18.7. The summed E-state index contributed by atoms with van der Waals surface area (Å²) in [5.41, 5.74) is 3.45. The van der Waals surface area contributed by atoms with Gasteiger partial charge >= 0.3 is 0 Å². The maximum Gasteiger partial charge on any atom is 0.245 e. The predicted molar refractivity (Wildman–Crippen MR) is 119 cm³/mol. The molecule has 0 radical (unpaired) electrons. The zero-order chi connectivity index (χ0) is 21.4. The number of aryl methyl sites for hydroxylation is 1. The number of aromatic nitrogens is 2. The molecule has 0 bridgehead atoms. The molecule has 0 saturated carbocycles. The molecular formula is C22H24N4O3S2. The second-order valence-electron chi connectivity index (χ2n) is 8.24. The summed E-state index contributed by atoms with van der Waals surface area (Å²) in [6.45, 7) is 0.600. The first kappa shape index (κ1) is 20.5. The average Bonchev–Trinajstić information content (AvgIpc) is 3.28. The van der Waals surface area contributed by atoms with Crippen LogP contribution in [0.1, 0.15) is 42.9 Å². The fourth-order valence-corrected chi connectivity index (χ4v) is 6.97. The van der Waals surface area contributed by atoms with Crippen LogP contribution in [0.25, 0.3) is 11.0 Å². The van der Waals surface area contributed by atoms with Gasteiger partial charge in [0, 0.05) is 13.1 Å². The lowest BCUT2D eigenvalue weighted by molar-refractivity contribution is -0.127. The fourth-order valence-electron chi connectivity index (χ4n) is 4.70. The Morgan fingerprint density at radius 1 is 1.06 bits per heavy atom. The van der Waals surface area contributed by atoms with E-state index in [4.69, 9.17) is 0 Å². The van der Waals surface area contributed by atoms with Crippen molar-refractivity contribution in [3.63, 3.8) is 0 Å². The number of carbonyl (C=O) groups excluding carboxylic acids is 1. The maximum atomic E-state index is 13.4. The molecule has 31 heavy (non-hydrogen) atoms. The molecule has 0 spiro atoms. The number of nitrogens with zero attached hydrogens (tertiary/aromatic N) is 3. The molecule has 1 aliphatic heterocycles. The van der Waals surface area contributed by atoms with E-state index in [1.165, 1.54) is 15.4 Å². The van der Waals surface area contributed by atoms with Gasteiger partial charge in [-0.25, -0.2) is 8.42 Å². The van der Waals surface area contributed by atoms with Crippen molar-refractivity contribution in [3.8, 4) is 0 Å². The molecule has 162 valence electrons. The van der Waals surface area contributed by atoms with Gasteiger partial charge in [-0.15, -0.1) is 0 Å². The molecule has 1 aliphatic carbocycles. The summed E-state index contributed by atoms with van der Waals surface area (Å²) < 4.78 is 36.5. The molecule has 2 aromatic carbocycles. The van der Waals surface area contributed by atoms with Gasteiger partial charge in [0.05, 0.1) is 23.7 Å². The van der Waals surface area contributed by atoms with Crippen molar-refractivity contribution in [1.82, 2.24) is 18.4 Å². The lowest BCUT2D eigenvalue weighted by Gasteiger charge is -2.33. The van der Waals surface area contributed by atoms with Crippen LogP contribution in [0.15, 0.2) is 47.4 Å². The Balaban J connectivity index is 1.34. The van der Waals surface area contributed by atoms with Crippen molar-refractivity contribution < 1.29 is 13.2 Å². The number of sulfonamides is 1. The Morgan fingerprint density at radius 2 is 1.94 bits per heavy atom. The molecule has 1 aromatic heterocycles. The standard InChI is InChI=1S/C22H24N4O3S2/c27-22(23-18-10-3-7-15-6-1-2-9-17(15)18)16-8-5-13-26(14-16)31(28,29)20-12-4-11-19-21(20)25-30-24-19/h1-2,4,6,9,11-12,16,18H,3,5,7-8,10,13-14H2,(H,23,27). The molecular weight excluding hydrogens is 432 g/mol. The van der Waals surface area contributed by atoms with Crippen LogP contribution in [0, 0.1) is 5.92 Å². The number of carbonyl (C=O) groups is 1. The van der Waals surface area contributed by atoms with Gasteiger partial charge in [0.25, 0.3) is 0 Å². The summed E-state index contributed by atoms with van der Waals surface area (Å²) in [6.07, 6.45) is 4.34. The van der Waals surface area contributed by atoms with E-state index in [-0.39, 0.29) is 29.3 Å². The van der Waals surface area contributed by atoms with Crippen LogP contribution in [0.2, 0.25) is 0 Å². The molecule has 2 aliphatic rings. The summed E-state index contributed by atoms with van der Waals surface area (Å²) in [5.74, 6) is -0.416. The second kappa shape index (κ2) is 8.29. The molecule has 1 fully saturated rings. The Kier molecular flexibility index (Phi) is 5.49. The highest BCUT2D eigenvalue weighted by molar-refractivity contribution is 7.89. The summed E-state index contributed by atoms with van der Waals surface area (Å²) in [6, 6.07) is 13.3. The van der Waals surface area contributed by atoms with E-state index in [0.717, 1.165) is 31.0 Å². The van der Waals surface area contributed by atoms with Crippen LogP contribution in [-0.4, -0.2) is 40.5 Å². The average molecular weight is 457 g/mol. The highest BCUT2D eigenvalue weighted by atomic mass is 32.2. The molecule has 2 atom stereocenters. The van der Waals surface area contributed by atoms with E-state index in [9.17, 15) is 13.2 Å². The SMILES string of the molecule is O=C(NC1CCCc2ccccc21)C1CCCN(S(=O)(=O)c2cccc3nsnc23)C1. The van der Waals surface area contributed by atoms with Crippen LogP contribution in [0.4, 0.5) is 0 Å². The first-order valence-corrected chi connectivity index (χ1v) is 12.8. The van der Waals surface area contributed by atoms with Gasteiger partial charge in [0.15, 0.2) is 0 Å². The van der Waals surface area contributed by atoms with Gasteiger partial charge in [0.1, 0.15) is 15.9 Å². The molecule has 3 aromatic rings. The molecule has 2 unspecified atom stereocenters. The van der Waals surface area contributed by atoms with Gasteiger partial charge in [0.2, 0.25) is 15.9 Å². The summed E-state index contributed by atoms with van der Waals surface area (Å²) in [4.78, 5) is 13.3. The smallest absolute Gasteiger partial charge is 0.245 e. The minimum Gasteiger partial charge on any atom is -0.349 e. The van der Waals surface area contributed by atoms with Crippen molar-refractivity contribution in [2.24, 2.45) is 5.92 Å². The molecule has 9 heteroatoms. The number of piperidine rings is 1. The monoisotopic (exact) mass is 456 g/mol. The van der Waals surface area contributed by atoms with E-state index in [2.05, 4.69) is 26.2 Å². The minimum atomic E-state index is -3.75. The van der Waals surface area contributed by atoms with Crippen molar-refractivity contribution in [2.45, 2.75) is 43.0 Å². The zero-order valence-electron chi connectivity index (χ0n) is 17.0. The van der Waals surface area contributed by atoms with Gasteiger partial charge in [-0.05, 0) is 55.4 Å². The quantitative estimate of drug-likeness (QED) is 0.650. The Bertz CT molecular complexity index is 1220. The van der Waals surface area contributed by atoms with Crippen LogP contribution < -0.4 is 5.32 Å². The van der Waals surface area contributed by atoms with Gasteiger partial charge in [-0.3, -0.25) is 4.79 Å². The fraction of sp³-hybridized carbons (Fsp3) is 0.409. The van der Waals surface area contributed by atoms with Crippen LogP contribution in [0.5, 0.6) is 0 Å². The third-order valence-electron chi connectivity index (χ3n) is 6.31. The van der Waals surface area contributed by atoms with Crippen LogP contribution in [-0.2, 0) is 21.2 Å². The lowest BCUT2D eigenvalue weighted by atomic mass is 9.87. The van der Waals surface area contributed by atoms with Gasteiger partial charge in [-0.1, -0.05) is 30.3 Å². The number of amides is 1. The summed E-state index contributed by atoms with van der Waals surface area (Å²) in [7, 11) is -3.75. The Hall–Kier alpha value is -2.36. The van der Waals surface area contributed by atoms with Crippen molar-refractivity contribution in [1.29, 1.82) is 0 Å². The first-order chi connectivity index (χ1) is 15.0. The first-order valence-electron chi connectivity index (χ1n) is 10.6. The van der Waals surface area contributed by atoms with Crippen LogP contribution in [0.3, 0.4) is 0 Å². The number of fused-ring (bicyclic) bond motifs is 2. The molecule has 5 rings (SSSR count). The van der Waals surface area contributed by atoms with E-state index in [0.29, 0.717) is 30.4 Å². The second-order valence-corrected chi connectivity index (χ2v) is 10.7. The van der Waals surface area contributed by atoms with E-state index in [1.807, 2.05) is 12.1 Å². The van der Waals surface area contributed by atoms with E-state index < -0.39 is 10.0 Å². The number of nitrogens with one attached hydrogen (secondary N) is 1. The molecule has 1 N–H and O–H groups in total. The summed E-state index contributed by atoms with van der Waals surface area (Å²) >= 11 is 1.00. The van der Waals surface area contributed by atoms with E-state index >= 15 is 0 Å². The Morgan fingerprint density at radius 3 is 2.84 bits per heavy atom. The lowest BCUT2D eigenvalue weighted by Crippen LogP contribution is -2.46. The van der Waals surface area contributed by atoms with Crippen molar-refractivity contribution >= 4 is 38.7 Å².